The van der Waals surface area contributed by atoms with E-state index in [1.807, 2.05) is 6.92 Å². The highest BCUT2D eigenvalue weighted by atomic mass is 79.9. The molecule has 3 nitrogen and oxygen atoms in total. The minimum absolute atomic E-state index is 0.0689. The molecule has 1 aliphatic rings. The van der Waals surface area contributed by atoms with Gasteiger partial charge in [-0.05, 0) is 25.7 Å². The summed E-state index contributed by atoms with van der Waals surface area (Å²) >= 11 is 3.34. The zero-order chi connectivity index (χ0) is 10.6. The number of carbonyl (C=O) groups is 1. The average Bonchev–Trinajstić information content (AvgIpc) is 2.63. The molecule has 3 atom stereocenters. The molecule has 1 aliphatic carbocycles. The lowest BCUT2D eigenvalue weighted by atomic mass is 10.2. The lowest BCUT2D eigenvalue weighted by Crippen LogP contribution is -2.43. The van der Waals surface area contributed by atoms with Crippen LogP contribution in [-0.4, -0.2) is 30.0 Å². The van der Waals surface area contributed by atoms with Crippen LogP contribution in [0.4, 0.5) is 0 Å². The standard InChI is InChI=1S/C10H18BrNO2/c1-3-7(11)10(13)12-8-5-4-6-9(8)14-2/h7-9H,3-6H2,1-2H3,(H,12,13). The Bertz CT molecular complexity index is 199. The number of hydrogen-bond donors (Lipinski definition) is 1. The summed E-state index contributed by atoms with van der Waals surface area (Å²) in [5.74, 6) is 0.0847. The first kappa shape index (κ1) is 12.0. The third-order valence-electron chi connectivity index (χ3n) is 2.73. The third kappa shape index (κ3) is 2.95. The summed E-state index contributed by atoms with van der Waals surface area (Å²) in [6, 6.07) is 0.207. The SMILES string of the molecule is CCC(Br)C(=O)NC1CCCC1OC. The monoisotopic (exact) mass is 263 g/mol. The molecule has 0 bridgehead atoms. The maximum absolute atomic E-state index is 11.6. The van der Waals surface area contributed by atoms with Crippen LogP contribution in [0.1, 0.15) is 32.6 Å². The van der Waals surface area contributed by atoms with E-state index in [4.69, 9.17) is 4.74 Å². The molecule has 1 amide bonds. The number of hydrogen-bond acceptors (Lipinski definition) is 2. The molecular formula is C10H18BrNO2. The van der Waals surface area contributed by atoms with Gasteiger partial charge in [0.25, 0.3) is 0 Å². The number of carbonyl (C=O) groups excluding carboxylic acids is 1. The highest BCUT2D eigenvalue weighted by molar-refractivity contribution is 9.10. The van der Waals surface area contributed by atoms with Gasteiger partial charge in [-0.2, -0.15) is 0 Å². The van der Waals surface area contributed by atoms with Crippen molar-refractivity contribution < 1.29 is 9.53 Å². The van der Waals surface area contributed by atoms with Gasteiger partial charge in [-0.25, -0.2) is 0 Å². The Morgan fingerprint density at radius 3 is 2.93 bits per heavy atom. The Morgan fingerprint density at radius 2 is 2.36 bits per heavy atom. The maximum atomic E-state index is 11.6. The minimum Gasteiger partial charge on any atom is -0.379 e. The van der Waals surface area contributed by atoms with Crippen LogP contribution in [0.2, 0.25) is 0 Å². The van der Waals surface area contributed by atoms with Crippen LogP contribution < -0.4 is 5.32 Å². The van der Waals surface area contributed by atoms with Gasteiger partial charge in [-0.15, -0.1) is 0 Å². The Morgan fingerprint density at radius 1 is 1.64 bits per heavy atom. The number of alkyl halides is 1. The van der Waals surface area contributed by atoms with Gasteiger partial charge in [-0.3, -0.25) is 4.79 Å². The van der Waals surface area contributed by atoms with Crippen molar-refractivity contribution in [2.45, 2.75) is 49.6 Å². The van der Waals surface area contributed by atoms with Crippen molar-refractivity contribution in [3.8, 4) is 0 Å². The van der Waals surface area contributed by atoms with E-state index in [-0.39, 0.29) is 22.9 Å². The molecule has 3 unspecified atom stereocenters. The van der Waals surface area contributed by atoms with Gasteiger partial charge in [0.1, 0.15) is 0 Å². The van der Waals surface area contributed by atoms with Crippen LogP contribution in [0.3, 0.4) is 0 Å². The molecule has 0 radical (unpaired) electrons. The summed E-state index contributed by atoms with van der Waals surface area (Å²) in [6.45, 7) is 1.99. The highest BCUT2D eigenvalue weighted by Gasteiger charge is 2.29. The molecule has 1 saturated carbocycles. The van der Waals surface area contributed by atoms with E-state index < -0.39 is 0 Å². The van der Waals surface area contributed by atoms with Gasteiger partial charge in [0, 0.05) is 7.11 Å². The van der Waals surface area contributed by atoms with Crippen molar-refractivity contribution in [2.24, 2.45) is 0 Å². The molecule has 14 heavy (non-hydrogen) atoms. The molecular weight excluding hydrogens is 246 g/mol. The molecule has 0 spiro atoms. The fraction of sp³-hybridized carbons (Fsp3) is 0.900. The smallest absolute Gasteiger partial charge is 0.234 e. The quantitative estimate of drug-likeness (QED) is 0.787. The number of rotatable bonds is 4. The maximum Gasteiger partial charge on any atom is 0.234 e. The number of amides is 1. The lowest BCUT2D eigenvalue weighted by Gasteiger charge is -2.20. The Hall–Kier alpha value is -0.0900. The summed E-state index contributed by atoms with van der Waals surface area (Å²) < 4.78 is 5.31. The lowest BCUT2D eigenvalue weighted by molar-refractivity contribution is -0.121. The van der Waals surface area contributed by atoms with Crippen LogP contribution in [0.15, 0.2) is 0 Å². The Labute approximate surface area is 93.7 Å². The van der Waals surface area contributed by atoms with E-state index in [0.717, 1.165) is 25.7 Å². The van der Waals surface area contributed by atoms with E-state index in [9.17, 15) is 4.79 Å². The summed E-state index contributed by atoms with van der Waals surface area (Å²) in [7, 11) is 1.71. The zero-order valence-corrected chi connectivity index (χ0v) is 10.3. The van der Waals surface area contributed by atoms with Gasteiger partial charge >= 0.3 is 0 Å². The first-order valence-electron chi connectivity index (χ1n) is 5.16. The number of halogens is 1. The first-order chi connectivity index (χ1) is 6.69. The molecule has 0 aliphatic heterocycles. The van der Waals surface area contributed by atoms with Gasteiger partial charge in [0.2, 0.25) is 5.91 Å². The van der Waals surface area contributed by atoms with Crippen molar-refractivity contribution in [1.82, 2.24) is 5.32 Å². The van der Waals surface area contributed by atoms with Crippen LogP contribution >= 0.6 is 15.9 Å². The highest BCUT2D eigenvalue weighted by Crippen LogP contribution is 2.22. The van der Waals surface area contributed by atoms with Crippen molar-refractivity contribution >= 4 is 21.8 Å². The van der Waals surface area contributed by atoms with Gasteiger partial charge in [0.05, 0.1) is 17.0 Å². The fourth-order valence-electron chi connectivity index (χ4n) is 1.83. The Balaban J connectivity index is 2.39. The molecule has 0 aromatic rings. The largest absolute Gasteiger partial charge is 0.379 e. The van der Waals surface area contributed by atoms with Crippen molar-refractivity contribution in [3.05, 3.63) is 0 Å². The van der Waals surface area contributed by atoms with Crippen molar-refractivity contribution in [2.75, 3.05) is 7.11 Å². The normalized spacial score (nSPS) is 28.8. The molecule has 1 N–H and O–H groups in total. The number of methoxy groups -OCH3 is 1. The van der Waals surface area contributed by atoms with Crippen LogP contribution in [-0.2, 0) is 9.53 Å². The topological polar surface area (TPSA) is 38.3 Å². The second kappa shape index (κ2) is 5.71. The van der Waals surface area contributed by atoms with E-state index in [1.54, 1.807) is 7.11 Å². The van der Waals surface area contributed by atoms with Crippen LogP contribution in [0, 0.1) is 0 Å². The molecule has 1 fully saturated rings. The van der Waals surface area contributed by atoms with Crippen molar-refractivity contribution in [3.63, 3.8) is 0 Å². The molecule has 4 heteroatoms. The van der Waals surface area contributed by atoms with Crippen LogP contribution in [0.5, 0.6) is 0 Å². The summed E-state index contributed by atoms with van der Waals surface area (Å²) in [5, 5.41) is 3.02. The Kier molecular flexibility index (Phi) is 4.89. The molecule has 0 aromatic carbocycles. The summed E-state index contributed by atoms with van der Waals surface area (Å²) in [4.78, 5) is 11.5. The molecule has 0 saturated heterocycles. The predicted molar refractivity (Wildman–Crippen MR) is 59.6 cm³/mol. The molecule has 0 heterocycles. The van der Waals surface area contributed by atoms with E-state index in [1.165, 1.54) is 0 Å². The summed E-state index contributed by atoms with van der Waals surface area (Å²) in [5.41, 5.74) is 0. The molecule has 82 valence electrons. The molecule has 1 rings (SSSR count). The second-order valence-electron chi connectivity index (χ2n) is 3.70. The van der Waals surface area contributed by atoms with Gasteiger partial charge in [0.15, 0.2) is 0 Å². The summed E-state index contributed by atoms with van der Waals surface area (Å²) in [6.07, 6.45) is 4.25. The van der Waals surface area contributed by atoms with E-state index in [0.29, 0.717) is 0 Å². The minimum atomic E-state index is -0.0689. The van der Waals surface area contributed by atoms with Crippen LogP contribution in [0.25, 0.3) is 0 Å². The van der Waals surface area contributed by atoms with Gasteiger partial charge in [-0.1, -0.05) is 22.9 Å². The average molecular weight is 264 g/mol. The molecule has 0 aromatic heterocycles. The van der Waals surface area contributed by atoms with Crippen molar-refractivity contribution in [1.29, 1.82) is 0 Å². The number of nitrogens with one attached hydrogen (secondary N) is 1. The van der Waals surface area contributed by atoms with Gasteiger partial charge < -0.3 is 10.1 Å². The first-order valence-corrected chi connectivity index (χ1v) is 6.07. The second-order valence-corrected chi connectivity index (χ2v) is 4.80. The fourth-order valence-corrected chi connectivity index (χ4v) is 1.96. The predicted octanol–water partition coefficient (Wildman–Crippen LogP) is 1.84. The third-order valence-corrected chi connectivity index (χ3v) is 3.79. The van der Waals surface area contributed by atoms with E-state index in [2.05, 4.69) is 21.2 Å². The zero-order valence-electron chi connectivity index (χ0n) is 8.75. The van der Waals surface area contributed by atoms with E-state index >= 15 is 0 Å². The number of ether oxygens (including phenoxy) is 1.